The number of carbonyl (C=O) groups excluding carboxylic acids is 2. The van der Waals surface area contributed by atoms with Crippen LogP contribution in [-0.4, -0.2) is 35.8 Å². The second-order valence-corrected chi connectivity index (χ2v) is 8.12. The highest BCUT2D eigenvalue weighted by Crippen LogP contribution is 2.29. The third kappa shape index (κ3) is 5.06. The zero-order valence-corrected chi connectivity index (χ0v) is 16.1. The van der Waals surface area contributed by atoms with E-state index >= 15 is 0 Å². The standard InChI is InChI=1S/C21H27F3N2O2/c1-14-3-2-4-18(13-14)25-19(27)15-9-11-26(12-10-15)20(28)16-5-7-17(8-6-16)21(22,23)24/h5-8,14-15,18H,2-4,9-13H2,1H3,(H,25,27). The second kappa shape index (κ2) is 8.53. The first kappa shape index (κ1) is 20.7. The molecular weight excluding hydrogens is 369 g/mol. The SMILES string of the molecule is CC1CCCC(NC(=O)C2CCN(C(=O)c3ccc(C(F)(F)F)cc3)CC2)C1. The van der Waals surface area contributed by atoms with Crippen molar-refractivity contribution in [2.24, 2.45) is 11.8 Å². The fourth-order valence-corrected chi connectivity index (χ4v) is 4.21. The Morgan fingerprint density at radius 1 is 1.04 bits per heavy atom. The van der Waals surface area contributed by atoms with Crippen molar-refractivity contribution >= 4 is 11.8 Å². The molecule has 2 fully saturated rings. The Morgan fingerprint density at radius 3 is 2.25 bits per heavy atom. The molecule has 2 aliphatic rings. The molecule has 0 aromatic heterocycles. The van der Waals surface area contributed by atoms with Crippen LogP contribution in [0.25, 0.3) is 0 Å². The monoisotopic (exact) mass is 396 g/mol. The molecule has 3 rings (SSSR count). The molecule has 1 aromatic carbocycles. The molecule has 0 radical (unpaired) electrons. The molecule has 1 aromatic rings. The fraction of sp³-hybridized carbons (Fsp3) is 0.619. The number of hydrogen-bond acceptors (Lipinski definition) is 2. The number of likely N-dealkylation sites (tertiary alicyclic amines) is 1. The molecule has 1 N–H and O–H groups in total. The maximum Gasteiger partial charge on any atom is 0.416 e. The van der Waals surface area contributed by atoms with Gasteiger partial charge < -0.3 is 10.2 Å². The Labute approximate surface area is 163 Å². The molecule has 4 nitrogen and oxygen atoms in total. The van der Waals surface area contributed by atoms with Gasteiger partial charge in [-0.05, 0) is 55.9 Å². The largest absolute Gasteiger partial charge is 0.416 e. The number of alkyl halides is 3. The number of amides is 2. The van der Waals surface area contributed by atoms with Crippen LogP contribution in [0.4, 0.5) is 13.2 Å². The third-order valence-corrected chi connectivity index (χ3v) is 5.89. The van der Waals surface area contributed by atoms with Crippen molar-refractivity contribution in [1.82, 2.24) is 10.2 Å². The van der Waals surface area contributed by atoms with Gasteiger partial charge in [-0.25, -0.2) is 0 Å². The van der Waals surface area contributed by atoms with Crippen LogP contribution in [0.5, 0.6) is 0 Å². The van der Waals surface area contributed by atoms with Crippen LogP contribution in [0.2, 0.25) is 0 Å². The van der Waals surface area contributed by atoms with Crippen molar-refractivity contribution < 1.29 is 22.8 Å². The summed E-state index contributed by atoms with van der Waals surface area (Å²) in [6.45, 7) is 3.10. The number of hydrogen-bond donors (Lipinski definition) is 1. The number of benzene rings is 1. The van der Waals surface area contributed by atoms with Crippen LogP contribution < -0.4 is 5.32 Å². The summed E-state index contributed by atoms with van der Waals surface area (Å²) in [6, 6.07) is 4.54. The smallest absolute Gasteiger partial charge is 0.353 e. The van der Waals surface area contributed by atoms with Gasteiger partial charge >= 0.3 is 6.18 Å². The molecule has 1 aliphatic heterocycles. The molecule has 28 heavy (non-hydrogen) atoms. The van der Waals surface area contributed by atoms with Gasteiger partial charge in [0.05, 0.1) is 5.56 Å². The first-order valence-corrected chi connectivity index (χ1v) is 10.0. The van der Waals surface area contributed by atoms with E-state index in [2.05, 4.69) is 12.2 Å². The van der Waals surface area contributed by atoms with Gasteiger partial charge in [-0.3, -0.25) is 9.59 Å². The maximum absolute atomic E-state index is 12.7. The number of nitrogens with one attached hydrogen (secondary N) is 1. The van der Waals surface area contributed by atoms with Crippen molar-refractivity contribution in [2.45, 2.75) is 57.7 Å². The van der Waals surface area contributed by atoms with E-state index in [1.54, 1.807) is 4.90 Å². The number of halogens is 3. The highest BCUT2D eigenvalue weighted by molar-refractivity contribution is 5.94. The van der Waals surface area contributed by atoms with E-state index in [1.165, 1.54) is 18.6 Å². The molecule has 2 unspecified atom stereocenters. The summed E-state index contributed by atoms with van der Waals surface area (Å²) in [7, 11) is 0. The summed E-state index contributed by atoms with van der Waals surface area (Å²) in [5.74, 6) is 0.325. The van der Waals surface area contributed by atoms with Crippen LogP contribution in [0.3, 0.4) is 0 Å². The molecule has 1 aliphatic carbocycles. The molecule has 2 amide bonds. The van der Waals surface area contributed by atoms with Gasteiger partial charge in [0, 0.05) is 30.6 Å². The fourth-order valence-electron chi connectivity index (χ4n) is 4.21. The van der Waals surface area contributed by atoms with Gasteiger partial charge in [0.1, 0.15) is 0 Å². The lowest BCUT2D eigenvalue weighted by molar-refractivity contribution is -0.137. The molecule has 7 heteroatoms. The maximum atomic E-state index is 12.7. The van der Waals surface area contributed by atoms with Gasteiger partial charge in [-0.1, -0.05) is 19.8 Å². The van der Waals surface area contributed by atoms with Crippen molar-refractivity contribution in [3.8, 4) is 0 Å². The minimum absolute atomic E-state index is 0.0701. The minimum Gasteiger partial charge on any atom is -0.353 e. The molecular formula is C21H27F3N2O2. The van der Waals surface area contributed by atoms with Crippen LogP contribution >= 0.6 is 0 Å². The van der Waals surface area contributed by atoms with E-state index in [-0.39, 0.29) is 29.3 Å². The zero-order valence-electron chi connectivity index (χ0n) is 16.1. The van der Waals surface area contributed by atoms with E-state index < -0.39 is 11.7 Å². The van der Waals surface area contributed by atoms with E-state index in [0.29, 0.717) is 31.8 Å². The van der Waals surface area contributed by atoms with E-state index in [4.69, 9.17) is 0 Å². The zero-order chi connectivity index (χ0) is 20.3. The molecule has 1 saturated carbocycles. The highest BCUT2D eigenvalue weighted by Gasteiger charge is 2.32. The predicted octanol–water partition coefficient (Wildman–Crippen LogP) is 4.25. The molecule has 154 valence electrons. The number of carbonyl (C=O) groups is 2. The molecule has 0 spiro atoms. The number of piperidine rings is 1. The summed E-state index contributed by atoms with van der Waals surface area (Å²) in [6.07, 6.45) is 1.17. The van der Waals surface area contributed by atoms with Gasteiger partial charge in [-0.2, -0.15) is 13.2 Å². The Kier molecular flexibility index (Phi) is 6.30. The van der Waals surface area contributed by atoms with Gasteiger partial charge in [0.15, 0.2) is 0 Å². The Balaban J connectivity index is 1.50. The van der Waals surface area contributed by atoms with Crippen LogP contribution in [0.1, 0.15) is 61.4 Å². The van der Waals surface area contributed by atoms with Crippen molar-refractivity contribution in [1.29, 1.82) is 0 Å². The third-order valence-electron chi connectivity index (χ3n) is 5.89. The Morgan fingerprint density at radius 2 is 1.68 bits per heavy atom. The van der Waals surface area contributed by atoms with E-state index in [9.17, 15) is 22.8 Å². The molecule has 1 saturated heterocycles. The van der Waals surface area contributed by atoms with Gasteiger partial charge in [0.25, 0.3) is 5.91 Å². The lowest BCUT2D eigenvalue weighted by atomic mass is 9.86. The van der Waals surface area contributed by atoms with Crippen LogP contribution in [-0.2, 0) is 11.0 Å². The average molecular weight is 396 g/mol. The Hall–Kier alpha value is -2.05. The lowest BCUT2D eigenvalue weighted by Gasteiger charge is -2.33. The second-order valence-electron chi connectivity index (χ2n) is 8.12. The quantitative estimate of drug-likeness (QED) is 0.830. The molecule has 0 bridgehead atoms. The van der Waals surface area contributed by atoms with Crippen molar-refractivity contribution in [3.05, 3.63) is 35.4 Å². The van der Waals surface area contributed by atoms with Crippen molar-refractivity contribution in [2.75, 3.05) is 13.1 Å². The first-order chi connectivity index (χ1) is 13.2. The van der Waals surface area contributed by atoms with E-state index in [0.717, 1.165) is 31.4 Å². The topological polar surface area (TPSA) is 49.4 Å². The first-order valence-electron chi connectivity index (χ1n) is 10.0. The number of nitrogens with zero attached hydrogens (tertiary/aromatic N) is 1. The van der Waals surface area contributed by atoms with Crippen LogP contribution in [0.15, 0.2) is 24.3 Å². The Bertz CT molecular complexity index is 695. The molecule has 2 atom stereocenters. The summed E-state index contributed by atoms with van der Waals surface area (Å²) < 4.78 is 38.0. The highest BCUT2D eigenvalue weighted by atomic mass is 19.4. The lowest BCUT2D eigenvalue weighted by Crippen LogP contribution is -2.46. The summed E-state index contributed by atoms with van der Waals surface area (Å²) >= 11 is 0. The van der Waals surface area contributed by atoms with E-state index in [1.807, 2.05) is 0 Å². The van der Waals surface area contributed by atoms with Gasteiger partial charge in [0.2, 0.25) is 5.91 Å². The van der Waals surface area contributed by atoms with Crippen LogP contribution in [0, 0.1) is 11.8 Å². The average Bonchev–Trinajstić information content (AvgIpc) is 2.67. The predicted molar refractivity (Wildman–Crippen MR) is 99.6 cm³/mol. The van der Waals surface area contributed by atoms with Crippen molar-refractivity contribution in [3.63, 3.8) is 0 Å². The summed E-state index contributed by atoms with van der Waals surface area (Å²) in [4.78, 5) is 26.7. The normalized spacial score (nSPS) is 24.1. The summed E-state index contributed by atoms with van der Waals surface area (Å²) in [5, 5.41) is 3.17. The minimum atomic E-state index is -4.41. The molecule has 1 heterocycles. The number of rotatable bonds is 3. The summed E-state index contributed by atoms with van der Waals surface area (Å²) in [5.41, 5.74) is -0.524. The van der Waals surface area contributed by atoms with Gasteiger partial charge in [-0.15, -0.1) is 0 Å².